The molecule has 0 aromatic carbocycles. The van der Waals surface area contributed by atoms with E-state index in [1.165, 1.54) is 12.5 Å². The lowest BCUT2D eigenvalue weighted by molar-refractivity contribution is 0.0962. The van der Waals surface area contributed by atoms with Crippen LogP contribution in [0.1, 0.15) is 10.4 Å². The van der Waals surface area contributed by atoms with Gasteiger partial charge in [-0.1, -0.05) is 0 Å². The number of hydrogen-bond acceptors (Lipinski definition) is 6. The first kappa shape index (κ1) is 11.6. The highest BCUT2D eigenvalue weighted by Crippen LogP contribution is 2.05. The molecule has 92 valence electrons. The van der Waals surface area contributed by atoms with Crippen molar-refractivity contribution in [3.8, 4) is 0 Å². The molecular formula is C10H10N6O2. The molecule has 5 N–H and O–H groups in total. The number of nitrogens with zero attached hydrogens (tertiary/aromatic N) is 2. The van der Waals surface area contributed by atoms with Gasteiger partial charge in [-0.25, -0.2) is 4.98 Å². The average Bonchev–Trinajstić information content (AvgIpc) is 2.41. The third-order valence-electron chi connectivity index (χ3n) is 2.11. The van der Waals surface area contributed by atoms with Crippen LogP contribution in [0.15, 0.2) is 35.6 Å². The molecule has 8 heteroatoms. The van der Waals surface area contributed by atoms with Crippen LogP contribution in [0.25, 0.3) is 0 Å². The molecule has 0 saturated heterocycles. The quantitative estimate of drug-likeness (QED) is 0.541. The van der Waals surface area contributed by atoms with Gasteiger partial charge in [0.2, 0.25) is 0 Å². The Morgan fingerprint density at radius 2 is 2.28 bits per heavy atom. The maximum Gasteiger partial charge on any atom is 0.276 e. The number of aromatic amines is 1. The lowest BCUT2D eigenvalue weighted by Gasteiger charge is -2.08. The Bertz CT molecular complexity index is 609. The Balaban J connectivity index is 2.07. The van der Waals surface area contributed by atoms with E-state index in [2.05, 4.69) is 25.8 Å². The number of rotatable bonds is 3. The number of carbonyl (C=O) groups excluding carboxylic acids is 1. The van der Waals surface area contributed by atoms with Crippen molar-refractivity contribution < 1.29 is 4.79 Å². The van der Waals surface area contributed by atoms with E-state index in [-0.39, 0.29) is 11.5 Å². The topological polar surface area (TPSA) is 126 Å². The van der Waals surface area contributed by atoms with Gasteiger partial charge in [0.05, 0.1) is 11.9 Å². The van der Waals surface area contributed by atoms with Crippen LogP contribution >= 0.6 is 0 Å². The molecule has 0 saturated carbocycles. The second-order valence-electron chi connectivity index (χ2n) is 3.31. The predicted molar refractivity (Wildman–Crippen MR) is 64.6 cm³/mol. The molecule has 2 aromatic rings. The first-order valence-corrected chi connectivity index (χ1v) is 4.98. The molecule has 0 atom stereocenters. The monoisotopic (exact) mass is 246 g/mol. The number of H-pyrrole nitrogens is 1. The molecule has 2 rings (SSSR count). The molecule has 0 unspecified atom stereocenters. The number of pyridine rings is 1. The van der Waals surface area contributed by atoms with E-state index < -0.39 is 11.5 Å². The molecule has 8 nitrogen and oxygen atoms in total. The Kier molecular flexibility index (Phi) is 3.19. The summed E-state index contributed by atoms with van der Waals surface area (Å²) in [6.45, 7) is 0. The molecule has 0 fully saturated rings. The number of carbonyl (C=O) groups is 1. The van der Waals surface area contributed by atoms with Crippen LogP contribution in [0, 0.1) is 0 Å². The molecule has 0 spiro atoms. The number of nitrogens with one attached hydrogen (secondary N) is 3. The van der Waals surface area contributed by atoms with E-state index in [1.807, 2.05) is 0 Å². The lowest BCUT2D eigenvalue weighted by atomic mass is 10.3. The number of aromatic nitrogens is 3. The summed E-state index contributed by atoms with van der Waals surface area (Å²) in [4.78, 5) is 32.7. The molecule has 0 aliphatic rings. The zero-order valence-corrected chi connectivity index (χ0v) is 9.18. The highest BCUT2D eigenvalue weighted by molar-refractivity contribution is 5.94. The molecule has 0 aliphatic heterocycles. The maximum atomic E-state index is 11.6. The van der Waals surface area contributed by atoms with Gasteiger partial charge in [0, 0.05) is 12.4 Å². The highest BCUT2D eigenvalue weighted by atomic mass is 16.2. The average molecular weight is 246 g/mol. The maximum absolute atomic E-state index is 11.6. The number of hydrazine groups is 1. The van der Waals surface area contributed by atoms with E-state index in [4.69, 9.17) is 5.73 Å². The number of nitrogens with two attached hydrogens (primary N) is 1. The lowest BCUT2D eigenvalue weighted by Crippen LogP contribution is -2.31. The second kappa shape index (κ2) is 4.95. The fourth-order valence-electron chi connectivity index (χ4n) is 1.20. The van der Waals surface area contributed by atoms with Gasteiger partial charge in [-0.05, 0) is 12.1 Å². The minimum atomic E-state index is -0.483. The van der Waals surface area contributed by atoms with Crippen LogP contribution in [0.2, 0.25) is 0 Å². The highest BCUT2D eigenvalue weighted by Gasteiger charge is 2.07. The van der Waals surface area contributed by atoms with Crippen molar-refractivity contribution in [2.75, 3.05) is 11.2 Å². The summed E-state index contributed by atoms with van der Waals surface area (Å²) in [6.07, 6.45) is 4.14. The van der Waals surface area contributed by atoms with Gasteiger partial charge in [0.1, 0.15) is 5.69 Å². The molecule has 0 bridgehead atoms. The van der Waals surface area contributed by atoms with E-state index in [1.54, 1.807) is 18.3 Å². The Hall–Kier alpha value is -2.90. The van der Waals surface area contributed by atoms with E-state index in [0.717, 1.165) is 0 Å². The first-order chi connectivity index (χ1) is 8.68. The third kappa shape index (κ3) is 2.43. The first-order valence-electron chi connectivity index (χ1n) is 4.98. The van der Waals surface area contributed by atoms with Crippen LogP contribution in [-0.4, -0.2) is 20.9 Å². The van der Waals surface area contributed by atoms with Gasteiger partial charge in [-0.15, -0.1) is 0 Å². The predicted octanol–water partition coefficient (Wildman–Crippen LogP) is -0.496. The van der Waals surface area contributed by atoms with Crippen molar-refractivity contribution in [2.45, 2.75) is 0 Å². The molecule has 0 radical (unpaired) electrons. The van der Waals surface area contributed by atoms with Crippen molar-refractivity contribution in [1.29, 1.82) is 0 Å². The minimum absolute atomic E-state index is 0.0796. The van der Waals surface area contributed by atoms with Gasteiger partial charge < -0.3 is 10.7 Å². The van der Waals surface area contributed by atoms with Gasteiger partial charge >= 0.3 is 0 Å². The Morgan fingerprint density at radius 3 is 3.00 bits per heavy atom. The second-order valence-corrected chi connectivity index (χ2v) is 3.31. The smallest absolute Gasteiger partial charge is 0.276 e. The summed E-state index contributed by atoms with van der Waals surface area (Å²) in [5.41, 5.74) is 10.1. The van der Waals surface area contributed by atoms with Gasteiger partial charge in [0.15, 0.2) is 5.82 Å². The van der Waals surface area contributed by atoms with Gasteiger partial charge in [-0.3, -0.25) is 25.4 Å². The fraction of sp³-hybridized carbons (Fsp3) is 0. The third-order valence-corrected chi connectivity index (χ3v) is 2.11. The minimum Gasteiger partial charge on any atom is -0.391 e. The van der Waals surface area contributed by atoms with Crippen LogP contribution in [-0.2, 0) is 0 Å². The number of nitrogen functional groups attached to an aromatic ring is 1. The molecule has 1 amide bonds. The van der Waals surface area contributed by atoms with E-state index >= 15 is 0 Å². The molecule has 0 aliphatic carbocycles. The number of hydrogen-bond donors (Lipinski definition) is 4. The Labute approximate surface area is 101 Å². The summed E-state index contributed by atoms with van der Waals surface area (Å²) >= 11 is 0. The summed E-state index contributed by atoms with van der Waals surface area (Å²) in [7, 11) is 0. The normalized spacial score (nSPS) is 9.78. The van der Waals surface area contributed by atoms with Gasteiger partial charge in [0.25, 0.3) is 11.5 Å². The molecular weight excluding hydrogens is 236 g/mol. The number of amides is 1. The molecule has 2 aromatic heterocycles. The molecule has 2 heterocycles. The van der Waals surface area contributed by atoms with Crippen LogP contribution < -0.4 is 22.1 Å². The van der Waals surface area contributed by atoms with Crippen LogP contribution in [0.3, 0.4) is 0 Å². The van der Waals surface area contributed by atoms with Crippen LogP contribution in [0.4, 0.5) is 11.5 Å². The van der Waals surface area contributed by atoms with E-state index in [9.17, 15) is 9.59 Å². The van der Waals surface area contributed by atoms with Crippen LogP contribution in [0.5, 0.6) is 0 Å². The Morgan fingerprint density at radius 1 is 1.44 bits per heavy atom. The van der Waals surface area contributed by atoms with Crippen molar-refractivity contribution >= 4 is 17.4 Å². The summed E-state index contributed by atoms with van der Waals surface area (Å²) < 4.78 is 0. The number of anilines is 2. The SMILES string of the molecule is Nc1c(NNC(=O)c2cccnc2)nc[nH]c1=O. The van der Waals surface area contributed by atoms with E-state index in [0.29, 0.717) is 5.56 Å². The van der Waals surface area contributed by atoms with Crippen molar-refractivity contribution in [2.24, 2.45) is 0 Å². The zero-order chi connectivity index (χ0) is 13.0. The van der Waals surface area contributed by atoms with Gasteiger partial charge in [-0.2, -0.15) is 0 Å². The standard InChI is InChI=1S/C10H10N6O2/c11-7-8(13-5-14-10(7)18)15-16-9(17)6-2-1-3-12-4-6/h1-5H,11H2,(H,16,17)(H2,13,14,15,18). The fourth-order valence-corrected chi connectivity index (χ4v) is 1.20. The largest absolute Gasteiger partial charge is 0.391 e. The van der Waals surface area contributed by atoms with Crippen molar-refractivity contribution in [3.63, 3.8) is 0 Å². The zero-order valence-electron chi connectivity index (χ0n) is 9.18. The van der Waals surface area contributed by atoms with Crippen molar-refractivity contribution in [1.82, 2.24) is 20.4 Å². The summed E-state index contributed by atoms with van der Waals surface area (Å²) in [5.74, 6) is -0.333. The van der Waals surface area contributed by atoms with Crippen molar-refractivity contribution in [3.05, 3.63) is 46.8 Å². The summed E-state index contributed by atoms with van der Waals surface area (Å²) in [6, 6.07) is 3.23. The molecule has 18 heavy (non-hydrogen) atoms. The summed E-state index contributed by atoms with van der Waals surface area (Å²) in [5, 5.41) is 0.